The number of ether oxygens (including phenoxy) is 1. The van der Waals surface area contributed by atoms with Gasteiger partial charge >= 0.3 is 0 Å². The first-order valence-corrected chi connectivity index (χ1v) is 6.16. The van der Waals surface area contributed by atoms with Gasteiger partial charge in [0.15, 0.2) is 0 Å². The average Bonchev–Trinajstić information content (AvgIpc) is 2.21. The first-order chi connectivity index (χ1) is 7.79. The molecule has 1 aliphatic carbocycles. The van der Waals surface area contributed by atoms with Gasteiger partial charge in [-0.15, -0.1) is 0 Å². The van der Waals surface area contributed by atoms with Gasteiger partial charge in [-0.25, -0.2) is 0 Å². The maximum absolute atomic E-state index is 6.11. The summed E-state index contributed by atoms with van der Waals surface area (Å²) in [7, 11) is 1.98. The highest BCUT2D eigenvalue weighted by molar-refractivity contribution is 5.24. The molecule has 1 aromatic rings. The molecule has 0 aromatic heterocycles. The van der Waals surface area contributed by atoms with Gasteiger partial charge in [0.1, 0.15) is 0 Å². The molecule has 1 aliphatic rings. The van der Waals surface area contributed by atoms with Crippen molar-refractivity contribution in [1.82, 2.24) is 5.32 Å². The fraction of sp³-hybridized carbons (Fsp3) is 0.571. The highest BCUT2D eigenvalue weighted by Gasteiger charge is 2.23. The second kappa shape index (κ2) is 5.46. The van der Waals surface area contributed by atoms with Crippen LogP contribution in [0.15, 0.2) is 24.3 Å². The molecule has 0 saturated heterocycles. The summed E-state index contributed by atoms with van der Waals surface area (Å²) in [5.41, 5.74) is 2.59. The molecule has 1 aromatic carbocycles. The Morgan fingerprint density at radius 1 is 1.44 bits per heavy atom. The third-order valence-corrected chi connectivity index (χ3v) is 3.21. The van der Waals surface area contributed by atoms with Gasteiger partial charge in [0.25, 0.3) is 0 Å². The molecule has 1 saturated carbocycles. The van der Waals surface area contributed by atoms with Gasteiger partial charge in [-0.1, -0.05) is 29.8 Å². The van der Waals surface area contributed by atoms with Crippen molar-refractivity contribution >= 4 is 0 Å². The molecule has 0 amide bonds. The third kappa shape index (κ3) is 2.83. The van der Waals surface area contributed by atoms with E-state index < -0.39 is 0 Å². The SMILES string of the molecule is CNCC(OC1CCC1)c1cccc(C)c1. The summed E-state index contributed by atoms with van der Waals surface area (Å²) in [6, 6.07) is 8.62. The first kappa shape index (κ1) is 11.6. The molecule has 1 unspecified atom stereocenters. The molecule has 0 bridgehead atoms. The fourth-order valence-electron chi connectivity index (χ4n) is 2.04. The highest BCUT2D eigenvalue weighted by atomic mass is 16.5. The van der Waals surface area contributed by atoms with Crippen LogP contribution in [0, 0.1) is 6.92 Å². The van der Waals surface area contributed by atoms with Crippen LogP contribution in [0.4, 0.5) is 0 Å². The van der Waals surface area contributed by atoms with E-state index in [1.807, 2.05) is 7.05 Å². The Hall–Kier alpha value is -0.860. The molecule has 0 radical (unpaired) electrons. The molecule has 1 atom stereocenters. The number of hydrogen-bond acceptors (Lipinski definition) is 2. The molecule has 2 heteroatoms. The lowest BCUT2D eigenvalue weighted by atomic mass is 9.95. The summed E-state index contributed by atoms with van der Waals surface area (Å²) in [5, 5.41) is 3.21. The van der Waals surface area contributed by atoms with E-state index in [1.54, 1.807) is 0 Å². The largest absolute Gasteiger partial charge is 0.369 e. The molecule has 2 rings (SSSR count). The van der Waals surface area contributed by atoms with Crippen molar-refractivity contribution in [2.75, 3.05) is 13.6 Å². The maximum atomic E-state index is 6.11. The first-order valence-electron chi connectivity index (χ1n) is 6.16. The van der Waals surface area contributed by atoms with Crippen molar-refractivity contribution in [2.24, 2.45) is 0 Å². The second-order valence-electron chi connectivity index (χ2n) is 4.65. The fourth-order valence-corrected chi connectivity index (χ4v) is 2.04. The smallest absolute Gasteiger partial charge is 0.0952 e. The number of rotatable bonds is 5. The van der Waals surface area contributed by atoms with Crippen LogP contribution in [0.5, 0.6) is 0 Å². The summed E-state index contributed by atoms with van der Waals surface area (Å²) in [5.74, 6) is 0. The van der Waals surface area contributed by atoms with Crippen LogP contribution in [0.1, 0.15) is 36.5 Å². The zero-order valence-electron chi connectivity index (χ0n) is 10.2. The predicted molar refractivity (Wildman–Crippen MR) is 66.6 cm³/mol. The number of nitrogens with one attached hydrogen (secondary N) is 1. The Kier molecular flexibility index (Phi) is 3.97. The molecular formula is C14H21NO. The predicted octanol–water partition coefficient (Wildman–Crippen LogP) is 2.82. The zero-order chi connectivity index (χ0) is 11.4. The van der Waals surface area contributed by atoms with E-state index >= 15 is 0 Å². The number of benzene rings is 1. The quantitative estimate of drug-likeness (QED) is 0.822. The van der Waals surface area contributed by atoms with Crippen LogP contribution in [0.3, 0.4) is 0 Å². The monoisotopic (exact) mass is 219 g/mol. The van der Waals surface area contributed by atoms with E-state index in [-0.39, 0.29) is 6.10 Å². The normalized spacial score (nSPS) is 18.1. The minimum atomic E-state index is 0.204. The van der Waals surface area contributed by atoms with Gasteiger partial charge in [0, 0.05) is 6.54 Å². The molecule has 16 heavy (non-hydrogen) atoms. The molecule has 2 nitrogen and oxygen atoms in total. The molecule has 0 heterocycles. The lowest BCUT2D eigenvalue weighted by Gasteiger charge is -2.31. The Bertz CT molecular complexity index is 333. The molecule has 88 valence electrons. The van der Waals surface area contributed by atoms with E-state index in [0.717, 1.165) is 6.54 Å². The summed E-state index contributed by atoms with van der Waals surface area (Å²) >= 11 is 0. The van der Waals surface area contributed by atoms with Crippen LogP contribution >= 0.6 is 0 Å². The standard InChI is InChI=1S/C14H21NO/c1-11-5-3-6-12(9-11)14(10-15-2)16-13-7-4-8-13/h3,5-6,9,13-15H,4,7-8,10H2,1-2H3. The van der Waals surface area contributed by atoms with E-state index in [2.05, 4.69) is 36.5 Å². The van der Waals surface area contributed by atoms with Crippen molar-refractivity contribution in [3.63, 3.8) is 0 Å². The Labute approximate surface area is 98.0 Å². The Balaban J connectivity index is 2.04. The van der Waals surface area contributed by atoms with Gasteiger partial charge in [0.05, 0.1) is 12.2 Å². The second-order valence-corrected chi connectivity index (χ2v) is 4.65. The number of aryl methyl sites for hydroxylation is 1. The molecule has 0 aliphatic heterocycles. The van der Waals surface area contributed by atoms with E-state index in [0.29, 0.717) is 6.10 Å². The van der Waals surface area contributed by atoms with Crippen LogP contribution < -0.4 is 5.32 Å². The van der Waals surface area contributed by atoms with Crippen molar-refractivity contribution in [3.8, 4) is 0 Å². The maximum Gasteiger partial charge on any atom is 0.0952 e. The van der Waals surface area contributed by atoms with Crippen molar-refractivity contribution in [3.05, 3.63) is 35.4 Å². The van der Waals surface area contributed by atoms with Gasteiger partial charge in [-0.05, 0) is 38.8 Å². The van der Waals surface area contributed by atoms with Crippen molar-refractivity contribution in [1.29, 1.82) is 0 Å². The van der Waals surface area contributed by atoms with E-state index in [1.165, 1.54) is 30.4 Å². The third-order valence-electron chi connectivity index (χ3n) is 3.21. The van der Waals surface area contributed by atoms with Gasteiger partial charge in [-0.3, -0.25) is 0 Å². The highest BCUT2D eigenvalue weighted by Crippen LogP contribution is 2.28. The summed E-state index contributed by atoms with van der Waals surface area (Å²) in [6.45, 7) is 3.02. The van der Waals surface area contributed by atoms with E-state index in [9.17, 15) is 0 Å². The van der Waals surface area contributed by atoms with Crippen molar-refractivity contribution < 1.29 is 4.74 Å². The van der Waals surface area contributed by atoms with E-state index in [4.69, 9.17) is 4.74 Å². The molecular weight excluding hydrogens is 198 g/mol. The minimum absolute atomic E-state index is 0.204. The summed E-state index contributed by atoms with van der Waals surface area (Å²) in [6.07, 6.45) is 4.47. The molecule has 1 N–H and O–H groups in total. The summed E-state index contributed by atoms with van der Waals surface area (Å²) < 4.78 is 6.11. The van der Waals surface area contributed by atoms with Gasteiger partial charge in [0.2, 0.25) is 0 Å². The van der Waals surface area contributed by atoms with Crippen LogP contribution in [0.25, 0.3) is 0 Å². The number of likely N-dealkylation sites (N-methyl/N-ethyl adjacent to an activating group) is 1. The Morgan fingerprint density at radius 2 is 2.25 bits per heavy atom. The lowest BCUT2D eigenvalue weighted by molar-refractivity contribution is -0.0513. The van der Waals surface area contributed by atoms with Gasteiger partial charge in [-0.2, -0.15) is 0 Å². The summed E-state index contributed by atoms with van der Waals surface area (Å²) in [4.78, 5) is 0. The topological polar surface area (TPSA) is 21.3 Å². The van der Waals surface area contributed by atoms with Crippen molar-refractivity contribution in [2.45, 2.75) is 38.4 Å². The molecule has 0 spiro atoms. The van der Waals surface area contributed by atoms with Crippen LogP contribution in [0.2, 0.25) is 0 Å². The zero-order valence-corrected chi connectivity index (χ0v) is 10.2. The Morgan fingerprint density at radius 3 is 2.81 bits per heavy atom. The lowest BCUT2D eigenvalue weighted by Crippen LogP contribution is -2.28. The van der Waals surface area contributed by atoms with Crippen LogP contribution in [-0.4, -0.2) is 19.7 Å². The minimum Gasteiger partial charge on any atom is -0.369 e. The number of hydrogen-bond donors (Lipinski definition) is 1. The molecule has 1 fully saturated rings. The average molecular weight is 219 g/mol. The van der Waals surface area contributed by atoms with Crippen LogP contribution in [-0.2, 0) is 4.74 Å². The van der Waals surface area contributed by atoms with Gasteiger partial charge < -0.3 is 10.1 Å².